The normalized spacial score (nSPS) is 16.5. The third kappa shape index (κ3) is 4.20. The number of ether oxygens (including phenoxy) is 4. The molecule has 6 nitrogen and oxygen atoms in total. The van der Waals surface area contributed by atoms with Crippen molar-refractivity contribution < 1.29 is 24.1 Å². The molecule has 0 saturated carbocycles. The molecule has 2 N–H and O–H groups in total. The first-order valence-electron chi connectivity index (χ1n) is 11.4. The van der Waals surface area contributed by atoms with Gasteiger partial charge in [0.15, 0.2) is 11.5 Å². The quantitative estimate of drug-likeness (QED) is 0.294. The lowest BCUT2D eigenvalue weighted by Crippen LogP contribution is -2.32. The van der Waals surface area contributed by atoms with E-state index in [0.717, 1.165) is 49.7 Å². The van der Waals surface area contributed by atoms with Crippen molar-refractivity contribution >= 4 is 34.4 Å². The average Bonchev–Trinajstić information content (AvgIpc) is 3.25. The Morgan fingerprint density at radius 3 is 2.69 bits per heavy atom. The van der Waals surface area contributed by atoms with Crippen LogP contribution in [0.1, 0.15) is 42.3 Å². The van der Waals surface area contributed by atoms with Crippen LogP contribution in [0, 0.1) is 0 Å². The zero-order valence-corrected chi connectivity index (χ0v) is 21.3. The van der Waals surface area contributed by atoms with E-state index in [1.165, 1.54) is 0 Å². The second kappa shape index (κ2) is 9.07. The monoisotopic (exact) mass is 491 g/mol. The van der Waals surface area contributed by atoms with Crippen molar-refractivity contribution in [3.8, 4) is 28.4 Å². The van der Waals surface area contributed by atoms with Gasteiger partial charge >= 0.3 is 0 Å². The Morgan fingerprint density at radius 2 is 1.91 bits per heavy atom. The van der Waals surface area contributed by atoms with Crippen molar-refractivity contribution in [1.29, 1.82) is 0 Å². The highest BCUT2D eigenvalue weighted by molar-refractivity contribution is 7.11. The maximum absolute atomic E-state index is 10.5. The molecular weight excluding hydrogens is 462 g/mol. The lowest BCUT2D eigenvalue weighted by atomic mass is 9.83. The fourth-order valence-corrected chi connectivity index (χ4v) is 5.73. The van der Waals surface area contributed by atoms with Crippen LogP contribution in [0.3, 0.4) is 0 Å². The molecule has 0 radical (unpaired) electrons. The second-order valence-electron chi connectivity index (χ2n) is 9.25. The van der Waals surface area contributed by atoms with Crippen LogP contribution in [-0.2, 0) is 16.1 Å². The number of fused-ring (bicyclic) bond motifs is 5. The minimum atomic E-state index is -0.168. The van der Waals surface area contributed by atoms with Gasteiger partial charge in [-0.2, -0.15) is 0 Å². The molecule has 0 amide bonds. The Hall–Kier alpha value is -3.26. The van der Waals surface area contributed by atoms with Crippen LogP contribution >= 0.6 is 11.3 Å². The minimum Gasteiger partial charge on any atom is -0.504 e. The summed E-state index contributed by atoms with van der Waals surface area (Å²) in [5.74, 6) is 1.85. The Balaban J connectivity index is 1.74. The fourth-order valence-electron chi connectivity index (χ4n) is 4.90. The molecule has 0 saturated heterocycles. The summed E-state index contributed by atoms with van der Waals surface area (Å²) in [4.78, 5) is 1.06. The van der Waals surface area contributed by atoms with E-state index < -0.39 is 0 Å². The van der Waals surface area contributed by atoms with Gasteiger partial charge in [-0.3, -0.25) is 0 Å². The summed E-state index contributed by atoms with van der Waals surface area (Å²) in [5, 5.41) is 16.2. The first-order valence-corrected chi connectivity index (χ1v) is 12.3. The van der Waals surface area contributed by atoms with E-state index in [9.17, 15) is 5.11 Å². The highest BCUT2D eigenvalue weighted by atomic mass is 32.1. The summed E-state index contributed by atoms with van der Waals surface area (Å²) >= 11 is 1.63. The van der Waals surface area contributed by atoms with Gasteiger partial charge in [0.1, 0.15) is 18.3 Å². The molecule has 0 aliphatic carbocycles. The van der Waals surface area contributed by atoms with Crippen LogP contribution in [0.4, 0.5) is 5.69 Å². The van der Waals surface area contributed by atoms with E-state index in [1.54, 1.807) is 37.7 Å². The summed E-state index contributed by atoms with van der Waals surface area (Å²) in [6.07, 6.45) is 4.31. The van der Waals surface area contributed by atoms with Gasteiger partial charge in [0.2, 0.25) is 0 Å². The number of phenols is 1. The van der Waals surface area contributed by atoms with Crippen LogP contribution in [0.2, 0.25) is 0 Å². The van der Waals surface area contributed by atoms with Crippen LogP contribution < -0.4 is 14.8 Å². The molecule has 0 unspecified atom stereocenters. The maximum Gasteiger partial charge on any atom is 0.172 e. The number of hydrogen-bond donors (Lipinski definition) is 2. The van der Waals surface area contributed by atoms with E-state index in [1.807, 2.05) is 5.38 Å². The molecule has 1 aromatic heterocycles. The number of rotatable bonds is 6. The van der Waals surface area contributed by atoms with E-state index in [0.29, 0.717) is 18.1 Å². The van der Waals surface area contributed by atoms with Crippen molar-refractivity contribution in [2.24, 2.45) is 0 Å². The molecule has 0 spiro atoms. The minimum absolute atomic E-state index is 0.0771. The Labute approximate surface area is 209 Å². The molecule has 0 fully saturated rings. The fraction of sp³-hybridized carbons (Fsp3) is 0.286. The summed E-state index contributed by atoms with van der Waals surface area (Å²) in [6.45, 7) is 7.12. The Morgan fingerprint density at radius 1 is 1.09 bits per heavy atom. The van der Waals surface area contributed by atoms with Crippen LogP contribution in [0.5, 0.6) is 17.2 Å². The Kier molecular flexibility index (Phi) is 6.09. The number of anilines is 1. The summed E-state index contributed by atoms with van der Waals surface area (Å²) in [5.41, 5.74) is 6.84. The molecule has 0 bridgehead atoms. The average molecular weight is 492 g/mol. The smallest absolute Gasteiger partial charge is 0.172 e. The number of thiophene rings is 1. The number of allylic oxidation sites excluding steroid dienone is 1. The van der Waals surface area contributed by atoms with Gasteiger partial charge in [-0.1, -0.05) is 12.1 Å². The number of phenolic OH excluding ortho intramolecular Hbond substituents is 1. The second-order valence-corrected chi connectivity index (χ2v) is 10.2. The van der Waals surface area contributed by atoms with Crippen molar-refractivity contribution in [3.05, 3.63) is 63.4 Å². The molecule has 7 heteroatoms. The zero-order chi connectivity index (χ0) is 24.7. The van der Waals surface area contributed by atoms with Gasteiger partial charge in [-0.05, 0) is 67.6 Å². The van der Waals surface area contributed by atoms with Gasteiger partial charge in [0, 0.05) is 34.4 Å². The van der Waals surface area contributed by atoms with Gasteiger partial charge in [-0.25, -0.2) is 0 Å². The summed E-state index contributed by atoms with van der Waals surface area (Å²) in [7, 11) is 3.17. The summed E-state index contributed by atoms with van der Waals surface area (Å²) < 4.78 is 22.8. The number of aromatic hydroxyl groups is 1. The molecule has 5 rings (SSSR count). The van der Waals surface area contributed by atoms with Crippen molar-refractivity contribution in [1.82, 2.24) is 0 Å². The third-order valence-corrected chi connectivity index (χ3v) is 7.08. The topological polar surface area (TPSA) is 69.2 Å². The van der Waals surface area contributed by atoms with Gasteiger partial charge in [0.05, 0.1) is 24.8 Å². The highest BCUT2D eigenvalue weighted by Gasteiger charge is 2.33. The summed E-state index contributed by atoms with van der Waals surface area (Å²) in [6, 6.07) is 9.61. The lowest BCUT2D eigenvalue weighted by Gasteiger charge is -2.35. The molecule has 2 aromatic carbocycles. The van der Waals surface area contributed by atoms with E-state index >= 15 is 0 Å². The van der Waals surface area contributed by atoms with E-state index in [-0.39, 0.29) is 18.1 Å². The van der Waals surface area contributed by atoms with Crippen molar-refractivity contribution in [2.45, 2.75) is 32.9 Å². The van der Waals surface area contributed by atoms with Crippen molar-refractivity contribution in [3.63, 3.8) is 0 Å². The SMILES string of the molecule is COCOCc1ccsc1C=C1Oc2ccc(O)c(OC)c2-c2ccc3c(c21)C(C)=CC(C)(C)N3. The van der Waals surface area contributed by atoms with Crippen LogP contribution in [-0.4, -0.2) is 31.7 Å². The highest BCUT2D eigenvalue weighted by Crippen LogP contribution is 2.54. The van der Waals surface area contributed by atoms with Gasteiger partial charge in [0.25, 0.3) is 0 Å². The molecule has 0 atom stereocenters. The van der Waals surface area contributed by atoms with E-state index in [2.05, 4.69) is 56.4 Å². The largest absolute Gasteiger partial charge is 0.504 e. The number of benzene rings is 2. The van der Waals surface area contributed by atoms with E-state index in [4.69, 9.17) is 18.9 Å². The maximum atomic E-state index is 10.5. The predicted octanol–water partition coefficient (Wildman–Crippen LogP) is 6.75. The molecule has 35 heavy (non-hydrogen) atoms. The molecule has 3 heterocycles. The number of nitrogens with one attached hydrogen (secondary N) is 1. The first-order chi connectivity index (χ1) is 16.8. The molecule has 2 aliphatic heterocycles. The molecular formula is C28H29NO5S. The third-order valence-electron chi connectivity index (χ3n) is 6.17. The lowest BCUT2D eigenvalue weighted by molar-refractivity contribution is -0.0390. The number of methoxy groups -OCH3 is 2. The zero-order valence-electron chi connectivity index (χ0n) is 20.5. The van der Waals surface area contributed by atoms with Crippen molar-refractivity contribution in [2.75, 3.05) is 26.3 Å². The number of hydrogen-bond acceptors (Lipinski definition) is 7. The molecule has 2 aliphatic rings. The molecule has 3 aromatic rings. The Bertz CT molecular complexity index is 1350. The molecule has 182 valence electrons. The van der Waals surface area contributed by atoms with Crippen LogP contribution in [0.25, 0.3) is 28.5 Å². The van der Waals surface area contributed by atoms with Crippen LogP contribution in [0.15, 0.2) is 41.8 Å². The van der Waals surface area contributed by atoms with Gasteiger partial charge in [-0.15, -0.1) is 11.3 Å². The first kappa shape index (κ1) is 23.5. The predicted molar refractivity (Wildman–Crippen MR) is 141 cm³/mol. The van der Waals surface area contributed by atoms with Gasteiger partial charge < -0.3 is 29.4 Å². The standard InChI is InChI=1S/C28H29NO5S/c1-16-13-28(2,3)29-19-7-6-18-25(24(16)19)22(12-23-17(10-11-35-23)14-33-15-31-4)34-21-9-8-20(30)27(32-5)26(18)21/h6-13,29-30H,14-15H2,1-5H3.